The molecule has 0 spiro atoms. The molecule has 0 N–H and O–H groups in total. The molecular weight excluding hydrogens is 298 g/mol. The van der Waals surface area contributed by atoms with E-state index in [9.17, 15) is 35.1 Å². The zero-order chi connectivity index (χ0) is 15.4. The summed E-state index contributed by atoms with van der Waals surface area (Å²) in [6.45, 7) is -1.15. The van der Waals surface area contributed by atoms with Crippen molar-refractivity contribution < 1.29 is 35.1 Å². The lowest BCUT2D eigenvalue weighted by Crippen LogP contribution is -2.42. The van der Waals surface area contributed by atoms with Crippen LogP contribution >= 0.6 is 0 Å². The molecular formula is C11H7F8N. The van der Waals surface area contributed by atoms with Crippen LogP contribution in [0.1, 0.15) is 5.56 Å². The number of halogens is 8. The van der Waals surface area contributed by atoms with Crippen molar-refractivity contribution in [1.29, 1.82) is 0 Å². The van der Waals surface area contributed by atoms with Gasteiger partial charge in [0.25, 0.3) is 0 Å². The van der Waals surface area contributed by atoms with E-state index >= 15 is 0 Å². The minimum Gasteiger partial charge on any atom is -0.210 e. The minimum absolute atomic E-state index is 0.0671. The second kappa shape index (κ2) is 4.06. The van der Waals surface area contributed by atoms with Crippen LogP contribution in [0.5, 0.6) is 0 Å². The van der Waals surface area contributed by atoms with Gasteiger partial charge in [0, 0.05) is 6.54 Å². The molecule has 1 saturated heterocycles. The van der Waals surface area contributed by atoms with E-state index in [0.717, 1.165) is 0 Å². The summed E-state index contributed by atoms with van der Waals surface area (Å²) in [7, 11) is 0. The van der Waals surface area contributed by atoms with Crippen LogP contribution in [0.4, 0.5) is 35.1 Å². The van der Waals surface area contributed by atoms with Crippen LogP contribution in [-0.4, -0.2) is 28.8 Å². The Kier molecular flexibility index (Phi) is 3.05. The molecule has 0 bridgehead atoms. The van der Waals surface area contributed by atoms with E-state index in [-0.39, 0.29) is 5.56 Å². The topological polar surface area (TPSA) is 3.01 Å². The Morgan fingerprint density at radius 1 is 0.800 bits per heavy atom. The predicted octanol–water partition coefficient (Wildman–Crippen LogP) is 3.96. The lowest BCUT2D eigenvalue weighted by atomic mass is 10.2. The molecule has 112 valence electrons. The number of benzene rings is 1. The molecule has 0 saturated carbocycles. The second-order valence-electron chi connectivity index (χ2n) is 4.31. The molecule has 1 aromatic rings. The van der Waals surface area contributed by atoms with Gasteiger partial charge in [-0.2, -0.15) is 26.3 Å². The first-order valence-electron chi connectivity index (χ1n) is 5.29. The highest BCUT2D eigenvalue weighted by Crippen LogP contribution is 2.68. The third-order valence-corrected chi connectivity index (χ3v) is 3.07. The SMILES string of the molecule is FC(F)(F)[C@]1(F)N(Cc2ccccc2)[C@]1(F)C(F)(F)F. The molecule has 0 aliphatic carbocycles. The molecule has 1 aliphatic heterocycles. The Morgan fingerprint density at radius 3 is 1.55 bits per heavy atom. The van der Waals surface area contributed by atoms with E-state index in [1.165, 1.54) is 30.3 Å². The fourth-order valence-corrected chi connectivity index (χ4v) is 2.02. The van der Waals surface area contributed by atoms with E-state index in [0.29, 0.717) is 0 Å². The Hall–Kier alpha value is -1.38. The fraction of sp³-hybridized carbons (Fsp3) is 0.455. The first kappa shape index (κ1) is 15.0. The Balaban J connectivity index is 2.37. The molecule has 20 heavy (non-hydrogen) atoms. The summed E-state index contributed by atoms with van der Waals surface area (Å²) in [5.41, 5.74) is -0.0671. The molecule has 3 atom stereocenters. The Morgan fingerprint density at radius 2 is 1.20 bits per heavy atom. The highest BCUT2D eigenvalue weighted by molar-refractivity contribution is 5.27. The summed E-state index contributed by atoms with van der Waals surface area (Å²) in [6.07, 6.45) is -12.0. The summed E-state index contributed by atoms with van der Waals surface area (Å²) in [4.78, 5) is -0.880. The molecule has 2 rings (SSSR count). The molecule has 9 heteroatoms. The van der Waals surface area contributed by atoms with Crippen LogP contribution in [0.3, 0.4) is 0 Å². The van der Waals surface area contributed by atoms with Gasteiger partial charge in [-0.3, -0.25) is 0 Å². The number of nitrogens with zero attached hydrogens (tertiary/aromatic N) is 1. The molecule has 1 unspecified atom stereocenters. The number of hydrogen-bond donors (Lipinski definition) is 0. The van der Waals surface area contributed by atoms with Gasteiger partial charge in [0.1, 0.15) is 0 Å². The summed E-state index contributed by atoms with van der Waals surface area (Å²) in [5, 5.41) is 0. The highest BCUT2D eigenvalue weighted by Gasteiger charge is 2.99. The van der Waals surface area contributed by atoms with E-state index in [1.54, 1.807) is 0 Å². The molecule has 0 aromatic heterocycles. The maximum atomic E-state index is 13.6. The summed E-state index contributed by atoms with van der Waals surface area (Å²) in [5.74, 6) is -10.1. The molecule has 1 heterocycles. The van der Waals surface area contributed by atoms with Gasteiger partial charge in [-0.15, -0.1) is 0 Å². The third-order valence-electron chi connectivity index (χ3n) is 3.07. The van der Waals surface area contributed by atoms with Gasteiger partial charge in [-0.25, -0.2) is 13.7 Å². The predicted molar refractivity (Wildman–Crippen MR) is 51.8 cm³/mol. The van der Waals surface area contributed by atoms with Gasteiger partial charge in [-0.1, -0.05) is 30.3 Å². The summed E-state index contributed by atoms with van der Waals surface area (Å²) >= 11 is 0. The molecule has 1 aromatic carbocycles. The average molecular weight is 305 g/mol. The molecule has 1 aliphatic rings. The standard InChI is InChI=1S/C11H7F8N/c12-8(10(14,15)16)9(13,11(17,18)19)20(8)6-7-4-2-1-3-5-7/h1-5H,6H2/t8-,9+,20?. The first-order chi connectivity index (χ1) is 8.96. The van der Waals surface area contributed by atoms with Crippen molar-refractivity contribution in [2.24, 2.45) is 0 Å². The van der Waals surface area contributed by atoms with Crippen molar-refractivity contribution >= 4 is 0 Å². The number of hydrogen-bond acceptors (Lipinski definition) is 1. The molecule has 1 fully saturated rings. The van der Waals surface area contributed by atoms with Crippen molar-refractivity contribution in [3.05, 3.63) is 35.9 Å². The van der Waals surface area contributed by atoms with Crippen LogP contribution in [0.25, 0.3) is 0 Å². The van der Waals surface area contributed by atoms with Gasteiger partial charge in [0.05, 0.1) is 0 Å². The van der Waals surface area contributed by atoms with Crippen LogP contribution in [0, 0.1) is 0 Å². The quantitative estimate of drug-likeness (QED) is 0.454. The van der Waals surface area contributed by atoms with Crippen LogP contribution < -0.4 is 0 Å². The molecule has 0 radical (unpaired) electrons. The first-order valence-corrected chi connectivity index (χ1v) is 5.29. The van der Waals surface area contributed by atoms with Gasteiger partial charge in [-0.05, 0) is 5.56 Å². The smallest absolute Gasteiger partial charge is 0.210 e. The van der Waals surface area contributed by atoms with Crippen LogP contribution in [0.15, 0.2) is 30.3 Å². The van der Waals surface area contributed by atoms with Gasteiger partial charge in [0.2, 0.25) is 0 Å². The Labute approximate surface area is 107 Å². The van der Waals surface area contributed by atoms with E-state index in [1.807, 2.05) is 0 Å². The number of rotatable bonds is 2. The maximum absolute atomic E-state index is 13.6. The lowest BCUT2D eigenvalue weighted by molar-refractivity contribution is -0.258. The van der Waals surface area contributed by atoms with Gasteiger partial charge < -0.3 is 0 Å². The monoisotopic (exact) mass is 305 g/mol. The largest absolute Gasteiger partial charge is 0.441 e. The highest BCUT2D eigenvalue weighted by atomic mass is 19.4. The maximum Gasteiger partial charge on any atom is 0.441 e. The van der Waals surface area contributed by atoms with Gasteiger partial charge in [0.15, 0.2) is 0 Å². The van der Waals surface area contributed by atoms with Crippen molar-refractivity contribution in [2.45, 2.75) is 30.5 Å². The normalized spacial score (nSPS) is 34.1. The zero-order valence-electron chi connectivity index (χ0n) is 9.56. The second-order valence-corrected chi connectivity index (χ2v) is 4.31. The lowest BCUT2D eigenvalue weighted by Gasteiger charge is -2.14. The zero-order valence-corrected chi connectivity index (χ0v) is 9.56. The van der Waals surface area contributed by atoms with Crippen molar-refractivity contribution in [3.8, 4) is 0 Å². The molecule has 1 nitrogen and oxygen atoms in total. The van der Waals surface area contributed by atoms with Crippen LogP contribution in [0.2, 0.25) is 0 Å². The van der Waals surface area contributed by atoms with Gasteiger partial charge >= 0.3 is 23.9 Å². The van der Waals surface area contributed by atoms with E-state index in [2.05, 4.69) is 0 Å². The Bertz CT molecular complexity index is 469. The van der Waals surface area contributed by atoms with Crippen molar-refractivity contribution in [3.63, 3.8) is 0 Å². The average Bonchev–Trinajstić information content (AvgIpc) is 2.81. The van der Waals surface area contributed by atoms with Crippen molar-refractivity contribution in [2.75, 3.05) is 0 Å². The fourth-order valence-electron chi connectivity index (χ4n) is 2.02. The number of alkyl halides is 8. The molecule has 0 amide bonds. The van der Waals surface area contributed by atoms with Crippen molar-refractivity contribution in [1.82, 2.24) is 4.90 Å². The van der Waals surface area contributed by atoms with E-state index < -0.39 is 35.4 Å². The summed E-state index contributed by atoms with van der Waals surface area (Å²) in [6, 6.07) is 6.47. The summed E-state index contributed by atoms with van der Waals surface area (Å²) < 4.78 is 102. The third kappa shape index (κ3) is 1.79. The van der Waals surface area contributed by atoms with E-state index in [4.69, 9.17) is 0 Å². The van der Waals surface area contributed by atoms with Crippen LogP contribution in [-0.2, 0) is 6.54 Å². The minimum atomic E-state index is -5.99.